The van der Waals surface area contributed by atoms with E-state index in [1.54, 1.807) is 0 Å². The van der Waals surface area contributed by atoms with E-state index in [0.717, 1.165) is 12.1 Å². The van der Waals surface area contributed by atoms with Crippen molar-refractivity contribution in [2.45, 2.75) is 37.4 Å². The van der Waals surface area contributed by atoms with Crippen LogP contribution < -0.4 is 5.73 Å². The summed E-state index contributed by atoms with van der Waals surface area (Å²) in [7, 11) is 0. The predicted octanol–water partition coefficient (Wildman–Crippen LogP) is 3.14. The van der Waals surface area contributed by atoms with Crippen molar-refractivity contribution in [1.82, 2.24) is 0 Å². The maximum absolute atomic E-state index is 14.0. The van der Waals surface area contributed by atoms with Crippen molar-refractivity contribution in [2.24, 2.45) is 5.73 Å². The molecule has 0 saturated heterocycles. The number of nitrogens with two attached hydrogens (primary N) is 1. The third-order valence-electron chi connectivity index (χ3n) is 3.51. The van der Waals surface area contributed by atoms with Crippen LogP contribution in [-0.2, 0) is 16.5 Å². The van der Waals surface area contributed by atoms with E-state index in [9.17, 15) is 22.4 Å². The molecule has 1 aromatic rings. The highest BCUT2D eigenvalue weighted by molar-refractivity contribution is 5.90. The molecule has 1 aliphatic rings. The average molecular weight is 275 g/mol. The zero-order valence-electron chi connectivity index (χ0n) is 10.1. The van der Waals surface area contributed by atoms with Gasteiger partial charge in [-0.1, -0.05) is 18.6 Å². The fourth-order valence-corrected chi connectivity index (χ4v) is 2.43. The second-order valence-corrected chi connectivity index (χ2v) is 4.77. The van der Waals surface area contributed by atoms with Gasteiger partial charge in [-0.3, -0.25) is 4.79 Å². The van der Waals surface area contributed by atoms with Crippen LogP contribution in [0.3, 0.4) is 0 Å². The fraction of sp³-hybridized carbons (Fsp3) is 0.462. The smallest absolute Gasteiger partial charge is 0.315 e. The van der Waals surface area contributed by atoms with E-state index < -0.39 is 28.9 Å². The maximum atomic E-state index is 14.0. The summed E-state index contributed by atoms with van der Waals surface area (Å²) in [4.78, 5) is 11.9. The van der Waals surface area contributed by atoms with Gasteiger partial charge in [-0.15, -0.1) is 0 Å². The standard InChI is InChI=1S/C13H13F4NO/c14-11-8(4-3-5-9(11)13(15,16)17)12(18)7-2-1-6-10(12)19/h3-5H,1-2,6-7,18H2. The highest BCUT2D eigenvalue weighted by Gasteiger charge is 2.43. The summed E-state index contributed by atoms with van der Waals surface area (Å²) in [6.07, 6.45) is -3.22. The molecule has 0 heterocycles. The van der Waals surface area contributed by atoms with Crippen LogP contribution in [0, 0.1) is 5.82 Å². The first-order valence-corrected chi connectivity index (χ1v) is 5.95. The zero-order chi connectivity index (χ0) is 14.3. The van der Waals surface area contributed by atoms with E-state index in [2.05, 4.69) is 0 Å². The summed E-state index contributed by atoms with van der Waals surface area (Å²) in [6.45, 7) is 0. The average Bonchev–Trinajstić information content (AvgIpc) is 2.32. The van der Waals surface area contributed by atoms with Crippen LogP contribution in [0.1, 0.15) is 36.8 Å². The van der Waals surface area contributed by atoms with Crippen LogP contribution >= 0.6 is 0 Å². The fourth-order valence-electron chi connectivity index (χ4n) is 2.43. The van der Waals surface area contributed by atoms with Crippen molar-refractivity contribution in [3.8, 4) is 0 Å². The number of hydrogen-bond donors (Lipinski definition) is 1. The van der Waals surface area contributed by atoms with Gasteiger partial charge in [-0.05, 0) is 18.9 Å². The lowest BCUT2D eigenvalue weighted by Crippen LogP contribution is -2.47. The van der Waals surface area contributed by atoms with Crippen molar-refractivity contribution in [2.75, 3.05) is 0 Å². The molecule has 0 amide bonds. The van der Waals surface area contributed by atoms with Crippen LogP contribution in [-0.4, -0.2) is 5.78 Å². The van der Waals surface area contributed by atoms with Gasteiger partial charge in [0, 0.05) is 12.0 Å². The number of rotatable bonds is 1. The van der Waals surface area contributed by atoms with Gasteiger partial charge in [0.05, 0.1) is 5.56 Å². The second kappa shape index (κ2) is 4.59. The number of carbonyl (C=O) groups excluding carboxylic acids is 1. The van der Waals surface area contributed by atoms with Crippen LogP contribution in [0.15, 0.2) is 18.2 Å². The summed E-state index contributed by atoms with van der Waals surface area (Å²) < 4.78 is 52.0. The first-order valence-electron chi connectivity index (χ1n) is 5.95. The van der Waals surface area contributed by atoms with Gasteiger partial charge in [0.2, 0.25) is 0 Å². The van der Waals surface area contributed by atoms with Gasteiger partial charge in [-0.2, -0.15) is 13.2 Å². The monoisotopic (exact) mass is 275 g/mol. The summed E-state index contributed by atoms with van der Waals surface area (Å²) in [5.74, 6) is -1.84. The molecule has 2 rings (SSSR count). The third-order valence-corrected chi connectivity index (χ3v) is 3.51. The zero-order valence-corrected chi connectivity index (χ0v) is 10.1. The van der Waals surface area contributed by atoms with Crippen molar-refractivity contribution in [1.29, 1.82) is 0 Å². The Kier molecular flexibility index (Phi) is 3.38. The first-order chi connectivity index (χ1) is 8.77. The Labute approximate surface area is 107 Å². The van der Waals surface area contributed by atoms with Gasteiger partial charge in [-0.25, -0.2) is 4.39 Å². The molecule has 1 saturated carbocycles. The highest BCUT2D eigenvalue weighted by Crippen LogP contribution is 2.38. The Balaban J connectivity index is 2.54. The van der Waals surface area contributed by atoms with E-state index in [0.29, 0.717) is 18.9 Å². The quantitative estimate of drug-likeness (QED) is 0.800. The minimum Gasteiger partial charge on any atom is -0.315 e. The van der Waals surface area contributed by atoms with Crippen molar-refractivity contribution >= 4 is 5.78 Å². The van der Waals surface area contributed by atoms with Gasteiger partial charge >= 0.3 is 6.18 Å². The first kappa shape index (κ1) is 14.0. The number of Topliss-reactive ketones (excluding diaryl/α,β-unsaturated/α-hetero) is 1. The molecule has 0 radical (unpaired) electrons. The van der Waals surface area contributed by atoms with E-state index in [1.807, 2.05) is 0 Å². The van der Waals surface area contributed by atoms with Crippen molar-refractivity contribution < 1.29 is 22.4 Å². The van der Waals surface area contributed by atoms with Gasteiger partial charge in [0.25, 0.3) is 0 Å². The number of benzene rings is 1. The molecule has 0 aromatic heterocycles. The number of hydrogen-bond acceptors (Lipinski definition) is 2. The molecule has 2 N–H and O–H groups in total. The van der Waals surface area contributed by atoms with E-state index in [4.69, 9.17) is 5.73 Å². The van der Waals surface area contributed by atoms with Crippen LogP contribution in [0.4, 0.5) is 17.6 Å². The number of carbonyl (C=O) groups is 1. The molecule has 1 aliphatic carbocycles. The summed E-state index contributed by atoms with van der Waals surface area (Å²) >= 11 is 0. The molecular formula is C13H13F4NO. The molecule has 19 heavy (non-hydrogen) atoms. The van der Waals surface area contributed by atoms with Gasteiger partial charge in [0.1, 0.15) is 11.4 Å². The number of alkyl halides is 3. The molecule has 0 bridgehead atoms. The van der Waals surface area contributed by atoms with E-state index in [1.165, 1.54) is 0 Å². The lowest BCUT2D eigenvalue weighted by Gasteiger charge is -2.33. The lowest BCUT2D eigenvalue weighted by molar-refractivity contribution is -0.140. The summed E-state index contributed by atoms with van der Waals surface area (Å²) in [6, 6.07) is 2.89. The summed E-state index contributed by atoms with van der Waals surface area (Å²) in [5, 5.41) is 0. The SMILES string of the molecule is NC1(c2cccc(C(F)(F)F)c2F)CCCCC1=O. The van der Waals surface area contributed by atoms with E-state index in [-0.39, 0.29) is 18.4 Å². The van der Waals surface area contributed by atoms with Crippen molar-refractivity contribution in [3.05, 3.63) is 35.1 Å². The number of halogens is 4. The molecule has 1 aromatic carbocycles. The van der Waals surface area contributed by atoms with Crippen LogP contribution in [0.2, 0.25) is 0 Å². The van der Waals surface area contributed by atoms with Crippen LogP contribution in [0.25, 0.3) is 0 Å². The number of ketones is 1. The minimum absolute atomic E-state index is 0.171. The Morgan fingerprint density at radius 1 is 1.21 bits per heavy atom. The molecule has 0 spiro atoms. The lowest BCUT2D eigenvalue weighted by atomic mass is 9.76. The van der Waals surface area contributed by atoms with Gasteiger partial charge in [0.15, 0.2) is 5.78 Å². The molecule has 104 valence electrons. The molecule has 0 aliphatic heterocycles. The predicted molar refractivity (Wildman–Crippen MR) is 60.7 cm³/mol. The Hall–Kier alpha value is -1.43. The second-order valence-electron chi connectivity index (χ2n) is 4.77. The normalized spacial score (nSPS) is 24.6. The maximum Gasteiger partial charge on any atom is 0.419 e. The third kappa shape index (κ3) is 2.36. The minimum atomic E-state index is -4.80. The van der Waals surface area contributed by atoms with Crippen LogP contribution in [0.5, 0.6) is 0 Å². The molecule has 2 nitrogen and oxygen atoms in total. The highest BCUT2D eigenvalue weighted by atomic mass is 19.4. The molecule has 1 fully saturated rings. The molecule has 6 heteroatoms. The molecular weight excluding hydrogens is 262 g/mol. The Morgan fingerprint density at radius 2 is 1.89 bits per heavy atom. The molecule has 1 atom stereocenters. The Morgan fingerprint density at radius 3 is 2.47 bits per heavy atom. The summed E-state index contributed by atoms with van der Waals surface area (Å²) in [5.41, 5.74) is 2.51. The molecule has 1 unspecified atom stereocenters. The topological polar surface area (TPSA) is 43.1 Å². The van der Waals surface area contributed by atoms with Gasteiger partial charge < -0.3 is 5.73 Å². The van der Waals surface area contributed by atoms with Crippen molar-refractivity contribution in [3.63, 3.8) is 0 Å². The Bertz CT molecular complexity index is 512. The largest absolute Gasteiger partial charge is 0.419 e. The van der Waals surface area contributed by atoms with E-state index >= 15 is 0 Å².